The Hall–Kier alpha value is -3.12. The monoisotopic (exact) mass is 522 g/mol. The van der Waals surface area contributed by atoms with E-state index in [0.29, 0.717) is 35.7 Å². The van der Waals surface area contributed by atoms with Crippen LogP contribution in [-0.4, -0.2) is 25.0 Å². The number of para-hydroxylation sites is 2. The zero-order chi connectivity index (χ0) is 24.3. The van der Waals surface area contributed by atoms with Gasteiger partial charge in [-0.25, -0.2) is 0 Å². The lowest BCUT2D eigenvalue weighted by molar-refractivity contribution is 0.0989. The molecule has 0 aromatic heterocycles. The maximum absolute atomic E-state index is 13.3. The van der Waals surface area contributed by atoms with Gasteiger partial charge in [-0.1, -0.05) is 56.5 Å². The fourth-order valence-corrected chi connectivity index (χ4v) is 4.13. The smallest absolute Gasteiger partial charge is 0.260 e. The summed E-state index contributed by atoms with van der Waals surface area (Å²) in [6.45, 7) is 5.27. The average Bonchev–Trinajstić information content (AvgIpc) is 2.86. The van der Waals surface area contributed by atoms with Gasteiger partial charge in [-0.3, -0.25) is 9.59 Å². The highest BCUT2D eigenvalue weighted by molar-refractivity contribution is 9.10. The van der Waals surface area contributed by atoms with Crippen LogP contribution in [0.4, 0.5) is 11.4 Å². The van der Waals surface area contributed by atoms with Crippen LogP contribution in [-0.2, 0) is 0 Å². The predicted molar refractivity (Wildman–Crippen MR) is 142 cm³/mol. The number of carbonyl (C=O) groups is 2. The second-order valence-electron chi connectivity index (χ2n) is 7.94. The maximum atomic E-state index is 13.3. The highest BCUT2D eigenvalue weighted by Gasteiger charge is 2.20. The Morgan fingerprint density at radius 2 is 1.65 bits per heavy atom. The Morgan fingerprint density at radius 3 is 2.35 bits per heavy atom. The number of carbonyl (C=O) groups excluding carboxylic acids is 2. The van der Waals surface area contributed by atoms with E-state index >= 15 is 0 Å². The van der Waals surface area contributed by atoms with Gasteiger partial charge in [-0.05, 0) is 71.7 Å². The summed E-state index contributed by atoms with van der Waals surface area (Å²) in [7, 11) is 0. The van der Waals surface area contributed by atoms with Gasteiger partial charge in [0, 0.05) is 17.8 Å². The molecule has 0 aliphatic carbocycles. The Kier molecular flexibility index (Phi) is 9.71. The minimum atomic E-state index is -0.293. The van der Waals surface area contributed by atoms with Crippen molar-refractivity contribution in [2.75, 3.05) is 23.4 Å². The summed E-state index contributed by atoms with van der Waals surface area (Å²) in [5.74, 6) is 0.251. The van der Waals surface area contributed by atoms with Crippen molar-refractivity contribution >= 4 is 39.1 Å². The molecule has 0 aliphatic rings. The van der Waals surface area contributed by atoms with Gasteiger partial charge in [-0.15, -0.1) is 0 Å². The maximum Gasteiger partial charge on any atom is 0.260 e. The van der Waals surface area contributed by atoms with Crippen LogP contribution < -0.4 is 15.0 Å². The average molecular weight is 523 g/mol. The molecule has 0 bridgehead atoms. The van der Waals surface area contributed by atoms with E-state index in [4.69, 9.17) is 4.74 Å². The fourth-order valence-electron chi connectivity index (χ4n) is 3.64. The molecule has 0 saturated carbocycles. The third kappa shape index (κ3) is 6.70. The molecule has 1 N–H and O–H groups in total. The highest BCUT2D eigenvalue weighted by atomic mass is 79.9. The molecule has 5 nitrogen and oxygen atoms in total. The van der Waals surface area contributed by atoms with Crippen LogP contribution in [0.25, 0.3) is 0 Å². The Balaban J connectivity index is 1.72. The van der Waals surface area contributed by atoms with Crippen molar-refractivity contribution in [1.82, 2.24) is 0 Å². The molecule has 0 spiro atoms. The molecule has 3 aromatic rings. The van der Waals surface area contributed by atoms with Crippen LogP contribution in [0.2, 0.25) is 0 Å². The molecule has 0 unspecified atom stereocenters. The minimum absolute atomic E-state index is 0.169. The number of rotatable bonds is 11. The van der Waals surface area contributed by atoms with Crippen molar-refractivity contribution in [3.05, 3.63) is 88.4 Å². The summed E-state index contributed by atoms with van der Waals surface area (Å²) in [5, 5.41) is 2.90. The minimum Gasteiger partial charge on any atom is -0.492 e. The van der Waals surface area contributed by atoms with E-state index in [1.165, 1.54) is 12.8 Å². The molecular weight excluding hydrogens is 492 g/mol. The molecule has 0 aliphatic heterocycles. The standard InChI is InChI=1S/C28H31BrN2O3/c1-3-5-6-12-19-34-26-18-17-21(20-24(26)29)27(32)30-25-16-11-10-15-23(25)28(33)31(4-2)22-13-8-7-9-14-22/h7-11,13-18,20H,3-6,12,19H2,1-2H3,(H,30,32). The van der Waals surface area contributed by atoms with Crippen molar-refractivity contribution in [1.29, 1.82) is 0 Å². The zero-order valence-corrected chi connectivity index (χ0v) is 21.3. The lowest BCUT2D eigenvalue weighted by Gasteiger charge is -2.22. The topological polar surface area (TPSA) is 58.6 Å². The van der Waals surface area contributed by atoms with Gasteiger partial charge in [0.2, 0.25) is 0 Å². The first-order valence-electron chi connectivity index (χ1n) is 11.7. The molecule has 0 fully saturated rings. The van der Waals surface area contributed by atoms with Crippen molar-refractivity contribution in [2.24, 2.45) is 0 Å². The van der Waals surface area contributed by atoms with Gasteiger partial charge >= 0.3 is 0 Å². The first kappa shape index (κ1) is 25.5. The molecule has 0 heterocycles. The number of anilines is 2. The lowest BCUT2D eigenvalue weighted by atomic mass is 10.1. The molecule has 0 atom stereocenters. The van der Waals surface area contributed by atoms with Crippen molar-refractivity contribution in [2.45, 2.75) is 39.5 Å². The number of hydrogen-bond acceptors (Lipinski definition) is 3. The molecule has 178 valence electrons. The number of benzene rings is 3. The highest BCUT2D eigenvalue weighted by Crippen LogP contribution is 2.27. The number of halogens is 1. The molecule has 3 aromatic carbocycles. The second kappa shape index (κ2) is 12.9. The van der Waals surface area contributed by atoms with Crippen LogP contribution >= 0.6 is 15.9 Å². The first-order valence-corrected chi connectivity index (χ1v) is 12.5. The number of amides is 2. The van der Waals surface area contributed by atoms with Crippen molar-refractivity contribution < 1.29 is 14.3 Å². The number of hydrogen-bond donors (Lipinski definition) is 1. The Labute approximate surface area is 210 Å². The van der Waals surface area contributed by atoms with Crippen LogP contribution in [0.1, 0.15) is 60.2 Å². The third-order valence-electron chi connectivity index (χ3n) is 5.48. The normalized spacial score (nSPS) is 10.6. The van der Waals surface area contributed by atoms with Crippen LogP contribution in [0, 0.1) is 0 Å². The van der Waals surface area contributed by atoms with E-state index in [2.05, 4.69) is 28.2 Å². The summed E-state index contributed by atoms with van der Waals surface area (Å²) >= 11 is 3.51. The van der Waals surface area contributed by atoms with Crippen LogP contribution in [0.3, 0.4) is 0 Å². The predicted octanol–water partition coefficient (Wildman–Crippen LogP) is 7.33. The van der Waals surface area contributed by atoms with E-state index in [9.17, 15) is 9.59 Å². The Morgan fingerprint density at radius 1 is 0.912 bits per heavy atom. The molecule has 0 radical (unpaired) electrons. The number of ether oxygens (including phenoxy) is 1. The molecule has 2 amide bonds. The van der Waals surface area contributed by atoms with Gasteiger partial charge in [0.05, 0.1) is 22.3 Å². The summed E-state index contributed by atoms with van der Waals surface area (Å²) in [5.41, 5.74) is 2.19. The molecular formula is C28H31BrN2O3. The number of nitrogens with one attached hydrogen (secondary N) is 1. The first-order chi connectivity index (χ1) is 16.5. The van der Waals surface area contributed by atoms with Gasteiger partial charge < -0.3 is 15.0 Å². The van der Waals surface area contributed by atoms with E-state index < -0.39 is 0 Å². The SMILES string of the molecule is CCCCCCOc1ccc(C(=O)Nc2ccccc2C(=O)N(CC)c2ccccc2)cc1Br. The number of nitrogens with zero attached hydrogens (tertiary/aromatic N) is 1. The molecule has 34 heavy (non-hydrogen) atoms. The van der Waals surface area contributed by atoms with E-state index in [0.717, 1.165) is 23.0 Å². The molecule has 6 heteroatoms. The van der Waals surface area contributed by atoms with E-state index in [1.54, 1.807) is 47.4 Å². The summed E-state index contributed by atoms with van der Waals surface area (Å²) < 4.78 is 6.56. The lowest BCUT2D eigenvalue weighted by Crippen LogP contribution is -2.31. The largest absolute Gasteiger partial charge is 0.492 e. The second-order valence-corrected chi connectivity index (χ2v) is 8.79. The van der Waals surface area contributed by atoms with Crippen molar-refractivity contribution in [3.8, 4) is 5.75 Å². The summed E-state index contributed by atoms with van der Waals surface area (Å²) in [6, 6.07) is 21.8. The summed E-state index contributed by atoms with van der Waals surface area (Å²) in [6.07, 6.45) is 4.54. The van der Waals surface area contributed by atoms with Crippen molar-refractivity contribution in [3.63, 3.8) is 0 Å². The van der Waals surface area contributed by atoms with Gasteiger partial charge in [0.25, 0.3) is 11.8 Å². The Bertz CT molecular complexity index is 1100. The van der Waals surface area contributed by atoms with Gasteiger partial charge in [0.1, 0.15) is 5.75 Å². The van der Waals surface area contributed by atoms with Gasteiger partial charge in [-0.2, -0.15) is 0 Å². The quantitative estimate of drug-likeness (QED) is 0.268. The van der Waals surface area contributed by atoms with E-state index in [1.807, 2.05) is 37.3 Å². The summed E-state index contributed by atoms with van der Waals surface area (Å²) in [4.78, 5) is 28.0. The number of unbranched alkanes of at least 4 members (excludes halogenated alkanes) is 3. The van der Waals surface area contributed by atoms with Crippen LogP contribution in [0.15, 0.2) is 77.3 Å². The van der Waals surface area contributed by atoms with Crippen LogP contribution in [0.5, 0.6) is 5.75 Å². The fraction of sp³-hybridized carbons (Fsp3) is 0.286. The van der Waals surface area contributed by atoms with E-state index in [-0.39, 0.29) is 11.8 Å². The zero-order valence-electron chi connectivity index (χ0n) is 19.7. The molecule has 3 rings (SSSR count). The van der Waals surface area contributed by atoms with Gasteiger partial charge in [0.15, 0.2) is 0 Å². The molecule has 0 saturated heterocycles. The third-order valence-corrected chi connectivity index (χ3v) is 6.10.